The van der Waals surface area contributed by atoms with Crippen LogP contribution in [0.1, 0.15) is 20.8 Å². The van der Waals surface area contributed by atoms with E-state index in [4.69, 9.17) is 27.1 Å². The average molecular weight is 338 g/mol. The monoisotopic (exact) mass is 338 g/mol. The molecule has 6 fully saturated rings. The van der Waals surface area contributed by atoms with Crippen molar-refractivity contribution in [3.8, 4) is 0 Å². The average Bonchev–Trinajstić information content (AvgIpc) is 2.86. The van der Waals surface area contributed by atoms with E-state index in [1.54, 1.807) is 6.08 Å². The highest BCUT2D eigenvalue weighted by molar-refractivity contribution is 7.50. The maximum atomic E-state index is 11.9. The summed E-state index contributed by atoms with van der Waals surface area (Å²) in [6.07, 6.45) is 0.885. The fourth-order valence-electron chi connectivity index (χ4n) is 2.55. The van der Waals surface area contributed by atoms with Crippen LogP contribution in [0.15, 0.2) is 23.0 Å². The second kappa shape index (κ2) is 3.69. The summed E-state index contributed by atoms with van der Waals surface area (Å²) >= 11 is 0. The lowest BCUT2D eigenvalue weighted by atomic mass is 9.98. The van der Waals surface area contributed by atoms with Gasteiger partial charge in [-0.3, -0.25) is 4.52 Å². The molecule has 21 heavy (non-hydrogen) atoms. The van der Waals surface area contributed by atoms with Crippen LogP contribution in [-0.4, -0.2) is 23.0 Å². The fraction of sp³-hybridized carbons (Fsp3) is 0.600. The molecular formula is C10H12O9P2. The number of hydrogen-bond acceptors (Lipinski definition) is 9. The van der Waals surface area contributed by atoms with Gasteiger partial charge in [-0.15, -0.1) is 0 Å². The zero-order chi connectivity index (χ0) is 15.3. The molecule has 0 radical (unpaired) electrons. The van der Waals surface area contributed by atoms with Crippen molar-refractivity contribution < 1.29 is 41.4 Å². The lowest BCUT2D eigenvalue weighted by Crippen LogP contribution is -2.47. The molecule has 6 aliphatic rings. The van der Waals surface area contributed by atoms with Crippen LogP contribution in [0.5, 0.6) is 0 Å². The second-order valence-corrected chi connectivity index (χ2v) is 8.24. The quantitative estimate of drug-likeness (QED) is 0.599. The predicted octanol–water partition coefficient (Wildman–Crippen LogP) is 2.31. The summed E-state index contributed by atoms with van der Waals surface area (Å²) in [5.74, 6) is -3.96. The summed E-state index contributed by atoms with van der Waals surface area (Å²) in [5, 5.41) is 9.94. The van der Waals surface area contributed by atoms with Gasteiger partial charge in [0, 0.05) is 5.57 Å². The highest BCUT2D eigenvalue weighted by Gasteiger charge is 2.77. The third kappa shape index (κ3) is 1.69. The van der Waals surface area contributed by atoms with Crippen molar-refractivity contribution in [2.45, 2.75) is 38.6 Å². The normalized spacial score (nSPS) is 55.3. The molecule has 0 amide bonds. The van der Waals surface area contributed by atoms with Crippen molar-refractivity contribution in [1.82, 2.24) is 0 Å². The van der Waals surface area contributed by atoms with Crippen LogP contribution in [0, 0.1) is 0 Å². The molecule has 4 bridgehead atoms. The molecule has 0 aliphatic carbocycles. The Kier molecular flexibility index (Phi) is 2.48. The Morgan fingerprint density at radius 2 is 1.76 bits per heavy atom. The Hall–Kier alpha value is -0.500. The summed E-state index contributed by atoms with van der Waals surface area (Å²) in [6.45, 7) is 5.15. The van der Waals surface area contributed by atoms with Crippen LogP contribution in [0.4, 0.5) is 0 Å². The first-order chi connectivity index (χ1) is 9.60. The molecule has 0 aromatic carbocycles. The molecule has 0 aromatic rings. The van der Waals surface area contributed by atoms with E-state index in [0.29, 0.717) is 0 Å². The molecule has 6 heterocycles. The summed E-state index contributed by atoms with van der Waals surface area (Å²) in [7, 11) is -7.32. The maximum absolute atomic E-state index is 11.9. The summed E-state index contributed by atoms with van der Waals surface area (Å²) < 4.78 is 53.7. The third-order valence-corrected chi connectivity index (χ3v) is 6.24. The highest BCUT2D eigenvalue weighted by atomic mass is 31.2. The van der Waals surface area contributed by atoms with E-state index < -0.39 is 33.5 Å². The maximum Gasteiger partial charge on any atom is 0.539 e. The van der Waals surface area contributed by atoms with Crippen molar-refractivity contribution in [2.24, 2.45) is 0 Å². The van der Waals surface area contributed by atoms with Crippen LogP contribution >= 0.6 is 15.6 Å². The van der Waals surface area contributed by atoms with Crippen molar-refractivity contribution in [3.05, 3.63) is 23.0 Å². The number of hydrogen-bond donors (Lipinski definition) is 1. The Balaban J connectivity index is 1.78. The van der Waals surface area contributed by atoms with Crippen LogP contribution in [0.3, 0.4) is 0 Å². The molecule has 1 atom stereocenters. The molecule has 0 aromatic heterocycles. The Bertz CT molecular complexity index is 683. The minimum absolute atomic E-state index is 0.187. The summed E-state index contributed by atoms with van der Waals surface area (Å²) in [5.41, 5.74) is 1.08. The molecule has 0 spiro atoms. The molecule has 11 heteroatoms. The standard InChI is InChI=1S/C10H12O9P2/c1-5(2)4-7-9(16-20(12,14-7)17-9)6(3)8-10(11)18-21(13,15-8)19-10/h4,7,11H,1-3H3/b8-6-. The lowest BCUT2D eigenvalue weighted by molar-refractivity contribution is -0.292. The van der Waals surface area contributed by atoms with Gasteiger partial charge in [-0.1, -0.05) is 11.6 Å². The Morgan fingerprint density at radius 1 is 1.14 bits per heavy atom. The van der Waals surface area contributed by atoms with Crippen molar-refractivity contribution in [2.75, 3.05) is 0 Å². The number of fused-ring (bicyclic) bond motifs is 2. The minimum Gasteiger partial charge on any atom is -0.399 e. The topological polar surface area (TPSA) is 110 Å². The number of phosphoric ester groups is 2. The van der Waals surface area contributed by atoms with Crippen LogP contribution < -0.4 is 0 Å². The molecule has 6 saturated heterocycles. The first kappa shape index (κ1) is 14.1. The number of aliphatic hydroxyl groups is 1. The van der Waals surface area contributed by atoms with E-state index in [2.05, 4.69) is 0 Å². The SMILES string of the molecule is CC(C)=CC1OP2(=O)OC1(/C(C)=C1\OP3(=O)OC1(O)O3)O2. The molecule has 116 valence electrons. The van der Waals surface area contributed by atoms with Crippen molar-refractivity contribution >= 4 is 15.6 Å². The largest absolute Gasteiger partial charge is 0.539 e. The molecule has 0 saturated carbocycles. The molecule has 6 rings (SSSR count). The van der Waals surface area contributed by atoms with Gasteiger partial charge in [-0.05, 0) is 20.8 Å². The van der Waals surface area contributed by atoms with Crippen molar-refractivity contribution in [1.29, 1.82) is 0 Å². The molecule has 9 nitrogen and oxygen atoms in total. The van der Waals surface area contributed by atoms with Crippen LogP contribution in [0.2, 0.25) is 0 Å². The van der Waals surface area contributed by atoms with Crippen LogP contribution in [0.25, 0.3) is 0 Å². The van der Waals surface area contributed by atoms with Gasteiger partial charge >= 0.3 is 21.6 Å². The van der Waals surface area contributed by atoms with E-state index in [1.165, 1.54) is 6.92 Å². The molecule has 1 unspecified atom stereocenters. The zero-order valence-electron chi connectivity index (χ0n) is 11.3. The summed E-state index contributed by atoms with van der Waals surface area (Å²) in [6, 6.07) is 0. The lowest BCUT2D eigenvalue weighted by Gasteiger charge is -2.37. The highest BCUT2D eigenvalue weighted by Crippen LogP contribution is 2.79. The third-order valence-electron chi connectivity index (χ3n) is 3.42. The van der Waals surface area contributed by atoms with Gasteiger partial charge < -0.3 is 9.63 Å². The predicted molar refractivity (Wildman–Crippen MR) is 65.3 cm³/mol. The first-order valence-corrected chi connectivity index (χ1v) is 9.02. The van der Waals surface area contributed by atoms with Gasteiger partial charge in [0.25, 0.3) is 0 Å². The second-order valence-electron chi connectivity index (χ2n) is 5.32. The number of rotatable bonds is 2. The van der Waals surface area contributed by atoms with Gasteiger partial charge in [0.1, 0.15) is 6.10 Å². The number of phosphoric acid groups is 2. The van der Waals surface area contributed by atoms with E-state index >= 15 is 0 Å². The molecular weight excluding hydrogens is 326 g/mol. The van der Waals surface area contributed by atoms with Gasteiger partial charge in [-0.25, -0.2) is 27.2 Å². The van der Waals surface area contributed by atoms with E-state index in [-0.39, 0.29) is 11.3 Å². The molecule has 6 aliphatic heterocycles. The van der Waals surface area contributed by atoms with Gasteiger partial charge in [0.05, 0.1) is 0 Å². The number of allylic oxidation sites excluding steroid dienone is 1. The van der Waals surface area contributed by atoms with E-state index in [0.717, 1.165) is 5.57 Å². The Morgan fingerprint density at radius 3 is 2.24 bits per heavy atom. The van der Waals surface area contributed by atoms with E-state index in [1.807, 2.05) is 13.8 Å². The fourth-order valence-corrected chi connectivity index (χ4v) is 5.61. The van der Waals surface area contributed by atoms with Gasteiger partial charge in [0.2, 0.25) is 11.5 Å². The van der Waals surface area contributed by atoms with Gasteiger partial charge in [-0.2, -0.15) is 0 Å². The molecule has 1 N–H and O–H groups in total. The summed E-state index contributed by atoms with van der Waals surface area (Å²) in [4.78, 5) is 0. The van der Waals surface area contributed by atoms with Crippen molar-refractivity contribution in [3.63, 3.8) is 0 Å². The first-order valence-electron chi connectivity index (χ1n) is 6.10. The minimum atomic E-state index is -3.74. The van der Waals surface area contributed by atoms with Gasteiger partial charge in [0.15, 0.2) is 0 Å². The smallest absolute Gasteiger partial charge is 0.399 e. The van der Waals surface area contributed by atoms with E-state index in [9.17, 15) is 14.2 Å². The van der Waals surface area contributed by atoms with Crippen LogP contribution in [-0.2, 0) is 36.3 Å². The zero-order valence-corrected chi connectivity index (χ0v) is 13.1. The Labute approximate surface area is 119 Å².